The third kappa shape index (κ3) is 3.05. The standard InChI is InChI=1S/C19H14N4O2/c24-18(25-16-4-2-1-3-5-16)15-8-6-14(7-9-15)17-20-12-13-23(17)19-21-10-11-22-19/h1-13H,(H,21,22). The number of rotatable bonds is 4. The van der Waals surface area contributed by atoms with Gasteiger partial charge in [-0.1, -0.05) is 30.3 Å². The molecule has 0 atom stereocenters. The van der Waals surface area contributed by atoms with Gasteiger partial charge in [0, 0.05) is 30.4 Å². The van der Waals surface area contributed by atoms with E-state index in [4.69, 9.17) is 4.74 Å². The molecule has 0 aliphatic carbocycles. The molecular formula is C19H14N4O2. The Morgan fingerprint density at radius 1 is 0.960 bits per heavy atom. The monoisotopic (exact) mass is 330 g/mol. The number of nitrogens with zero attached hydrogens (tertiary/aromatic N) is 3. The molecule has 4 rings (SSSR count). The first kappa shape index (κ1) is 14.9. The van der Waals surface area contributed by atoms with Crippen LogP contribution in [0, 0.1) is 0 Å². The van der Waals surface area contributed by atoms with E-state index >= 15 is 0 Å². The van der Waals surface area contributed by atoms with Gasteiger partial charge in [-0.3, -0.25) is 4.57 Å². The Kier molecular flexibility index (Phi) is 3.84. The number of carbonyl (C=O) groups excluding carboxylic acids is 1. The average Bonchev–Trinajstić information content (AvgIpc) is 3.34. The van der Waals surface area contributed by atoms with Gasteiger partial charge in [-0.2, -0.15) is 0 Å². The lowest BCUT2D eigenvalue weighted by Crippen LogP contribution is -2.08. The fraction of sp³-hybridized carbons (Fsp3) is 0. The number of benzene rings is 2. The molecule has 0 saturated carbocycles. The first-order valence-corrected chi connectivity index (χ1v) is 7.72. The van der Waals surface area contributed by atoms with Crippen molar-refractivity contribution in [2.75, 3.05) is 0 Å². The van der Waals surface area contributed by atoms with E-state index in [-0.39, 0.29) is 0 Å². The van der Waals surface area contributed by atoms with E-state index in [0.717, 1.165) is 11.4 Å². The second-order valence-electron chi connectivity index (χ2n) is 5.31. The Morgan fingerprint density at radius 3 is 2.48 bits per heavy atom. The summed E-state index contributed by atoms with van der Waals surface area (Å²) in [5, 5.41) is 0. The Balaban J connectivity index is 1.57. The number of aromatic nitrogens is 4. The van der Waals surface area contributed by atoms with Crippen molar-refractivity contribution in [2.45, 2.75) is 0 Å². The highest BCUT2D eigenvalue weighted by molar-refractivity contribution is 5.91. The summed E-state index contributed by atoms with van der Waals surface area (Å²) in [6.45, 7) is 0. The number of ether oxygens (including phenoxy) is 1. The molecule has 0 aliphatic rings. The van der Waals surface area contributed by atoms with Crippen molar-refractivity contribution in [2.24, 2.45) is 0 Å². The molecule has 4 aromatic rings. The maximum Gasteiger partial charge on any atom is 0.343 e. The van der Waals surface area contributed by atoms with Gasteiger partial charge in [0.15, 0.2) is 0 Å². The lowest BCUT2D eigenvalue weighted by Gasteiger charge is -2.07. The fourth-order valence-electron chi connectivity index (χ4n) is 2.49. The first-order valence-electron chi connectivity index (χ1n) is 7.72. The predicted molar refractivity (Wildman–Crippen MR) is 92.5 cm³/mol. The fourth-order valence-corrected chi connectivity index (χ4v) is 2.49. The highest BCUT2D eigenvalue weighted by atomic mass is 16.5. The third-order valence-corrected chi connectivity index (χ3v) is 3.69. The lowest BCUT2D eigenvalue weighted by molar-refractivity contribution is 0.0735. The number of imidazole rings is 2. The summed E-state index contributed by atoms with van der Waals surface area (Å²) in [6, 6.07) is 16.1. The summed E-state index contributed by atoms with van der Waals surface area (Å²) >= 11 is 0. The van der Waals surface area contributed by atoms with Crippen LogP contribution in [0.5, 0.6) is 5.75 Å². The zero-order valence-electron chi connectivity index (χ0n) is 13.2. The van der Waals surface area contributed by atoms with Gasteiger partial charge < -0.3 is 9.72 Å². The van der Waals surface area contributed by atoms with Gasteiger partial charge >= 0.3 is 5.97 Å². The van der Waals surface area contributed by atoms with Crippen LogP contribution in [0.3, 0.4) is 0 Å². The Hall–Kier alpha value is -3.67. The smallest absolute Gasteiger partial charge is 0.343 e. The van der Waals surface area contributed by atoms with Crippen molar-refractivity contribution in [3.8, 4) is 23.1 Å². The van der Waals surface area contributed by atoms with E-state index in [1.54, 1.807) is 42.9 Å². The molecule has 6 heteroatoms. The van der Waals surface area contributed by atoms with E-state index in [1.807, 2.05) is 41.1 Å². The second kappa shape index (κ2) is 6.45. The highest BCUT2D eigenvalue weighted by Crippen LogP contribution is 2.21. The van der Waals surface area contributed by atoms with E-state index < -0.39 is 5.97 Å². The maximum absolute atomic E-state index is 12.2. The minimum absolute atomic E-state index is 0.396. The number of carbonyl (C=O) groups is 1. The number of H-pyrrole nitrogens is 1. The average molecular weight is 330 g/mol. The highest BCUT2D eigenvalue weighted by Gasteiger charge is 2.12. The number of hydrogen-bond donors (Lipinski definition) is 1. The molecule has 0 fully saturated rings. The summed E-state index contributed by atoms with van der Waals surface area (Å²) < 4.78 is 7.18. The van der Waals surface area contributed by atoms with Crippen molar-refractivity contribution < 1.29 is 9.53 Å². The summed E-state index contributed by atoms with van der Waals surface area (Å²) in [6.07, 6.45) is 6.96. The summed E-state index contributed by atoms with van der Waals surface area (Å²) in [4.78, 5) is 23.9. The molecule has 2 heterocycles. The van der Waals surface area contributed by atoms with Crippen LogP contribution in [0.2, 0.25) is 0 Å². The van der Waals surface area contributed by atoms with Crippen LogP contribution >= 0.6 is 0 Å². The summed E-state index contributed by atoms with van der Waals surface area (Å²) in [5.41, 5.74) is 1.35. The topological polar surface area (TPSA) is 72.8 Å². The molecule has 0 spiro atoms. The van der Waals surface area contributed by atoms with Gasteiger partial charge in [0.05, 0.1) is 5.56 Å². The largest absolute Gasteiger partial charge is 0.423 e. The quantitative estimate of drug-likeness (QED) is 0.459. The van der Waals surface area contributed by atoms with Gasteiger partial charge in [-0.25, -0.2) is 14.8 Å². The zero-order chi connectivity index (χ0) is 17.1. The molecule has 0 unspecified atom stereocenters. The molecule has 6 nitrogen and oxygen atoms in total. The number of para-hydroxylation sites is 1. The van der Waals surface area contributed by atoms with Crippen LogP contribution in [0.4, 0.5) is 0 Å². The molecular weight excluding hydrogens is 316 g/mol. The Labute approximate surface area is 143 Å². The molecule has 1 N–H and O–H groups in total. The van der Waals surface area contributed by atoms with Crippen LogP contribution in [-0.2, 0) is 0 Å². The summed E-state index contributed by atoms with van der Waals surface area (Å²) in [5.74, 6) is 1.54. The molecule has 122 valence electrons. The van der Waals surface area contributed by atoms with Gasteiger partial charge in [0.25, 0.3) is 0 Å². The van der Waals surface area contributed by atoms with E-state index in [0.29, 0.717) is 17.3 Å². The Bertz CT molecular complexity index is 974. The van der Waals surface area contributed by atoms with Crippen molar-refractivity contribution >= 4 is 5.97 Å². The van der Waals surface area contributed by atoms with Crippen LogP contribution in [-0.4, -0.2) is 25.5 Å². The number of nitrogens with one attached hydrogen (secondary N) is 1. The van der Waals surface area contributed by atoms with Crippen molar-refractivity contribution in [1.82, 2.24) is 19.5 Å². The molecule has 0 saturated heterocycles. The molecule has 2 aromatic heterocycles. The van der Waals surface area contributed by atoms with Crippen molar-refractivity contribution in [3.63, 3.8) is 0 Å². The van der Waals surface area contributed by atoms with Crippen LogP contribution in [0.15, 0.2) is 79.4 Å². The molecule has 0 radical (unpaired) electrons. The van der Waals surface area contributed by atoms with Crippen LogP contribution in [0.1, 0.15) is 10.4 Å². The molecule has 25 heavy (non-hydrogen) atoms. The molecule has 0 amide bonds. The van der Waals surface area contributed by atoms with Crippen LogP contribution in [0.25, 0.3) is 17.3 Å². The predicted octanol–water partition coefficient (Wildman–Crippen LogP) is 3.48. The molecule has 0 bridgehead atoms. The van der Waals surface area contributed by atoms with Crippen LogP contribution < -0.4 is 4.74 Å². The second-order valence-corrected chi connectivity index (χ2v) is 5.31. The van der Waals surface area contributed by atoms with Crippen molar-refractivity contribution in [3.05, 3.63) is 84.9 Å². The normalized spacial score (nSPS) is 10.6. The lowest BCUT2D eigenvalue weighted by atomic mass is 10.1. The summed E-state index contributed by atoms with van der Waals surface area (Å²) in [7, 11) is 0. The first-order chi connectivity index (χ1) is 12.3. The van der Waals surface area contributed by atoms with E-state index in [1.165, 1.54) is 0 Å². The third-order valence-electron chi connectivity index (χ3n) is 3.69. The van der Waals surface area contributed by atoms with E-state index in [2.05, 4.69) is 15.0 Å². The minimum atomic E-state index is -0.396. The number of hydrogen-bond acceptors (Lipinski definition) is 4. The zero-order valence-corrected chi connectivity index (χ0v) is 13.2. The Morgan fingerprint density at radius 2 is 1.76 bits per heavy atom. The molecule has 2 aromatic carbocycles. The van der Waals surface area contributed by atoms with E-state index in [9.17, 15) is 4.79 Å². The number of aromatic amines is 1. The SMILES string of the molecule is O=C(Oc1ccccc1)c1ccc(-c2nccn2-c2ncc[nH]2)cc1. The van der Waals surface area contributed by atoms with Gasteiger partial charge in [-0.15, -0.1) is 0 Å². The minimum Gasteiger partial charge on any atom is -0.423 e. The van der Waals surface area contributed by atoms with Gasteiger partial charge in [0.1, 0.15) is 11.6 Å². The molecule has 0 aliphatic heterocycles. The maximum atomic E-state index is 12.2. The van der Waals surface area contributed by atoms with Crippen molar-refractivity contribution in [1.29, 1.82) is 0 Å². The number of esters is 1. The van der Waals surface area contributed by atoms with Gasteiger partial charge in [-0.05, 0) is 24.3 Å². The van der Waals surface area contributed by atoms with Gasteiger partial charge in [0.2, 0.25) is 5.95 Å².